The van der Waals surface area contributed by atoms with E-state index in [-0.39, 0.29) is 84.1 Å². The van der Waals surface area contributed by atoms with Crippen molar-refractivity contribution >= 4 is 107 Å². The second-order valence-electron chi connectivity index (χ2n) is 33.4. The molecular formula is C77H125N19O36. The van der Waals surface area contributed by atoms with Crippen molar-refractivity contribution in [1.82, 2.24) is 72.8 Å². The first kappa shape index (κ1) is 109. The number of nitrogens with two attached hydrogens (primary N) is 4. The molecule has 132 heavy (non-hydrogen) atoms. The van der Waals surface area contributed by atoms with Gasteiger partial charge in [0.25, 0.3) is 5.79 Å². The molecule has 15 amide bonds. The Hall–Kier alpha value is -10.5. The highest BCUT2D eigenvalue weighted by Gasteiger charge is 2.61. The first-order valence-corrected chi connectivity index (χ1v) is 43.0. The molecule has 7 rings (SSSR count). The van der Waals surface area contributed by atoms with Gasteiger partial charge < -0.3 is 191 Å². The fourth-order valence-corrected chi connectivity index (χ4v) is 16.5. The molecule has 0 aromatic heterocycles. The second-order valence-corrected chi connectivity index (χ2v) is 33.4. The number of carbonyl (C=O) groups excluding carboxylic acids is 15. The molecule has 31 N–H and O–H groups in total. The Morgan fingerprint density at radius 3 is 1.58 bits per heavy atom. The Bertz CT molecular complexity index is 4140. The van der Waals surface area contributed by atoms with E-state index >= 15 is 9.59 Å². The first-order valence-electron chi connectivity index (χ1n) is 43.0. The molecule has 0 saturated carbocycles. The monoisotopic (exact) mass is 1890 g/mol. The molecule has 0 spiro atoms. The Morgan fingerprint density at radius 2 is 1.05 bits per heavy atom. The molecule has 55 heteroatoms. The van der Waals surface area contributed by atoms with Crippen molar-refractivity contribution in [2.75, 3.05) is 65.7 Å². The molecule has 55 nitrogen and oxygen atoms in total. The Balaban J connectivity index is 1.02. The van der Waals surface area contributed by atoms with E-state index in [1.165, 1.54) is 30.6 Å². The van der Waals surface area contributed by atoms with Crippen LogP contribution in [0.25, 0.3) is 0 Å². The molecule has 0 aromatic rings. The summed E-state index contributed by atoms with van der Waals surface area (Å²) in [6, 6.07) is -21.6. The topological polar surface area (TPSA) is 858 Å². The standard InChI is InChI=1S/C77H125N19O36/c1-30(61(79)113)84-65(117)42-16-11-21-95(42)72(124)43-17-12-22-96(43)70(122)32(3)86-67(119)50(33(4)101)91-63(115)39(26-97)89-48(106)25-83-64(116)40-14-9-19-93(40)69(121)31(2)85-66(118)41-15-10-20-94(41)71(123)38(13-8-18-82-76(80)81)90-68(120)51(92-62(114)37(78)23-49(107)108)34(5)127-73-53(88-36(7)103)58(55(110)46(28-99)128-73)130-74-57(112)60(56(111)47(29-100)129-74)132-77(75(125)126)24-44(104)52(87-35(6)102)59(131-77)54(109)45(105)27-98/h30-34,37-47,50-60,73-74,97-101,104-105,109-112H,8-29,78H2,1-7H3,(H2,79,113)(H,83,116)(H,84,117)(H,85,118)(H,86,119)(H,87,102)(H,88,103)(H,89,106)(H,90,120)(H,91,115)(H,92,114)(H,107,108)(H,125,126)(H4,80,81,82)/t30-,31-,32-,33+,34+,37-,38-,39-,40-,41-,42-,43-,44-,45+,46+,47+,50-,51-,52+,53+,54+,55-,56-,57+,58+,59+,60-,73-,74-,77-/m0/s1. The normalized spacial score (nSPS) is 29.2. The summed E-state index contributed by atoms with van der Waals surface area (Å²) in [6.45, 7) is 2.37. The van der Waals surface area contributed by atoms with Gasteiger partial charge in [-0.05, 0) is 98.8 Å². The van der Waals surface area contributed by atoms with Crippen molar-refractivity contribution in [1.29, 1.82) is 0 Å². The third-order valence-corrected chi connectivity index (χ3v) is 23.4. The summed E-state index contributed by atoms with van der Waals surface area (Å²) in [5, 5.41) is 164. The Morgan fingerprint density at radius 1 is 0.545 bits per heavy atom. The van der Waals surface area contributed by atoms with Gasteiger partial charge in [0.2, 0.25) is 88.6 Å². The van der Waals surface area contributed by atoms with Gasteiger partial charge >= 0.3 is 11.9 Å². The van der Waals surface area contributed by atoms with E-state index in [4.69, 9.17) is 51.4 Å². The van der Waals surface area contributed by atoms with Crippen molar-refractivity contribution in [2.45, 2.75) is 308 Å². The lowest BCUT2D eigenvalue weighted by molar-refractivity contribution is -0.382. The largest absolute Gasteiger partial charge is 0.481 e. The number of primary amides is 1. The summed E-state index contributed by atoms with van der Waals surface area (Å²) in [6.07, 6.45) is -33.1. The van der Waals surface area contributed by atoms with E-state index in [1.807, 2.05) is 0 Å². The fraction of sp³-hybridized carbons (Fsp3) is 0.766. The first-order chi connectivity index (χ1) is 62.1. The van der Waals surface area contributed by atoms with E-state index in [0.29, 0.717) is 12.8 Å². The van der Waals surface area contributed by atoms with Gasteiger partial charge in [-0.3, -0.25) is 81.7 Å². The third kappa shape index (κ3) is 27.6. The van der Waals surface area contributed by atoms with Gasteiger partial charge in [-0.1, -0.05) is 0 Å². The quantitative estimate of drug-likeness (QED) is 0.0153. The third-order valence-electron chi connectivity index (χ3n) is 23.4. The zero-order valence-electron chi connectivity index (χ0n) is 73.5. The number of aliphatic hydroxyl groups is 11. The number of hydrogen-bond acceptors (Lipinski definition) is 36. The Labute approximate surface area is 754 Å². The lowest BCUT2D eigenvalue weighted by atomic mass is 9.88. The number of ether oxygens (including phenoxy) is 6. The van der Waals surface area contributed by atoms with Crippen molar-refractivity contribution in [3.63, 3.8) is 0 Å². The highest BCUT2D eigenvalue weighted by Crippen LogP contribution is 2.39. The van der Waals surface area contributed by atoms with E-state index in [0.717, 1.165) is 37.5 Å². The fourth-order valence-electron chi connectivity index (χ4n) is 16.5. The molecule has 0 bridgehead atoms. The maximum Gasteiger partial charge on any atom is 0.364 e. The smallest absolute Gasteiger partial charge is 0.364 e. The number of hydrogen-bond donors (Lipinski definition) is 27. The van der Waals surface area contributed by atoms with E-state index in [9.17, 15) is 138 Å². The molecule has 0 aromatic carbocycles. The number of carbonyl (C=O) groups is 17. The van der Waals surface area contributed by atoms with Crippen LogP contribution in [-0.4, -0.2) is 440 Å². The van der Waals surface area contributed by atoms with Gasteiger partial charge in [-0.15, -0.1) is 0 Å². The number of amides is 15. The molecule has 30 atom stereocenters. The number of aliphatic carboxylic acids is 2. The van der Waals surface area contributed by atoms with Gasteiger partial charge in [0.05, 0.1) is 69.8 Å². The molecule has 7 heterocycles. The van der Waals surface area contributed by atoms with Gasteiger partial charge in [-0.2, -0.15) is 0 Å². The molecule has 7 aliphatic rings. The van der Waals surface area contributed by atoms with Gasteiger partial charge in [0, 0.05) is 53.0 Å². The number of likely N-dealkylation sites (tertiary alicyclic amines) is 4. The van der Waals surface area contributed by atoms with Gasteiger partial charge in [0.15, 0.2) is 18.5 Å². The van der Waals surface area contributed by atoms with Gasteiger partial charge in [0.1, 0.15) is 134 Å². The Kier molecular flexibility index (Phi) is 40.3. The van der Waals surface area contributed by atoms with Crippen molar-refractivity contribution in [3.05, 3.63) is 0 Å². The summed E-state index contributed by atoms with van der Waals surface area (Å²) in [5.41, 5.74) is 22.5. The van der Waals surface area contributed by atoms with E-state index in [2.05, 4.69) is 58.2 Å². The predicted molar refractivity (Wildman–Crippen MR) is 441 cm³/mol. The molecule has 7 saturated heterocycles. The van der Waals surface area contributed by atoms with Crippen molar-refractivity contribution in [3.8, 4) is 0 Å². The lowest BCUT2D eigenvalue weighted by Gasteiger charge is -2.51. The van der Waals surface area contributed by atoms with E-state index in [1.54, 1.807) is 0 Å². The van der Waals surface area contributed by atoms with Crippen LogP contribution in [0.15, 0.2) is 4.99 Å². The molecular weight excluding hydrogens is 1770 g/mol. The summed E-state index contributed by atoms with van der Waals surface area (Å²) in [4.78, 5) is 239. The molecule has 7 aliphatic heterocycles. The van der Waals surface area contributed by atoms with Crippen LogP contribution in [0, 0.1) is 0 Å². The average Bonchev–Trinajstić information content (AvgIpc) is 0.934. The van der Waals surface area contributed by atoms with Crippen LogP contribution in [0.1, 0.15) is 126 Å². The SMILES string of the molecule is CC(=O)N[C@H]1[C@@H](O[C@H](C)[C@H](NC(=O)[C@@H](N)CC(=O)O)C(=O)N[C@@H](CCCN=C(N)N)C(=O)N2CCC[C@H]2C(=O)N[C@@H](C)C(=O)N2CCC[C@H]2C(=O)NCC(=O)N[C@@H](CO)C(=O)N[C@H](C(=O)N[C@@H](C)C(=O)N2CCC[C@H]2C(=O)N2CCC[C@H]2C(=O)N[C@@H](C)C(N)=O)[C@@H](C)O)O[C@H](CO)[C@H](O)[C@@H]1O[C@@H]1O[C@H](CO)[C@H](O)[C@H](O[C@]2(C(=O)O)C[C@H](O)[C@@H](NC(C)=O)[C@H]([C@H](O)[C@H](O)CO)O2)[C@H]1O. The predicted octanol–water partition coefficient (Wildman–Crippen LogP) is -16.4. The maximum absolute atomic E-state index is 15.1. The summed E-state index contributed by atoms with van der Waals surface area (Å²) in [5.74, 6) is -21.6. The summed E-state index contributed by atoms with van der Waals surface area (Å²) >= 11 is 0. The zero-order chi connectivity index (χ0) is 98.5. The molecule has 0 unspecified atom stereocenters. The molecule has 0 radical (unpaired) electrons. The van der Waals surface area contributed by atoms with E-state index < -0.39 is 335 Å². The summed E-state index contributed by atoms with van der Waals surface area (Å²) in [7, 11) is 0. The maximum atomic E-state index is 15.1. The van der Waals surface area contributed by atoms with Crippen LogP contribution in [0.4, 0.5) is 0 Å². The van der Waals surface area contributed by atoms with Crippen molar-refractivity contribution < 1.29 is 176 Å². The summed E-state index contributed by atoms with van der Waals surface area (Å²) < 4.78 is 35.4. The van der Waals surface area contributed by atoms with Crippen LogP contribution in [0.3, 0.4) is 0 Å². The highest BCUT2D eigenvalue weighted by molar-refractivity contribution is 6.00. The van der Waals surface area contributed by atoms with Crippen LogP contribution >= 0.6 is 0 Å². The van der Waals surface area contributed by atoms with Crippen LogP contribution < -0.4 is 76.1 Å². The van der Waals surface area contributed by atoms with Crippen molar-refractivity contribution in [2.24, 2.45) is 27.9 Å². The number of carboxylic acid groups (broad SMARTS) is 2. The lowest BCUT2D eigenvalue weighted by Crippen LogP contribution is -2.71. The van der Waals surface area contributed by atoms with Gasteiger partial charge in [-0.25, -0.2) is 4.79 Å². The number of guanidine groups is 1. The highest BCUT2D eigenvalue weighted by atomic mass is 16.8. The average molecular weight is 1890 g/mol. The minimum atomic E-state index is -3.29. The van der Waals surface area contributed by atoms with Crippen LogP contribution in [0.5, 0.6) is 0 Å². The number of aliphatic hydroxyl groups excluding tert-OH is 11. The number of nitrogens with one attached hydrogen (secondary N) is 10. The number of carboxylic acids is 2. The number of nitrogens with zero attached hydrogens (tertiary/aromatic N) is 5. The number of aliphatic imine (C=N–C) groups is 1. The second kappa shape index (κ2) is 49.0. The number of rotatable bonds is 44. The molecule has 0 aliphatic carbocycles. The molecule has 744 valence electrons. The van der Waals surface area contributed by atoms with Crippen LogP contribution in [-0.2, 0) is 110 Å². The van der Waals surface area contributed by atoms with Crippen LogP contribution in [0.2, 0.25) is 0 Å². The minimum Gasteiger partial charge on any atom is -0.481 e. The minimum absolute atomic E-state index is 0.0306. The zero-order valence-corrected chi connectivity index (χ0v) is 73.5. The molecule has 7 fully saturated rings.